The number of methoxy groups -OCH3 is 2. The molecule has 0 spiro atoms. The van der Waals surface area contributed by atoms with E-state index < -0.39 is 12.1 Å². The molecule has 4 aliphatic heterocycles. The van der Waals surface area contributed by atoms with Crippen LogP contribution in [0.4, 0.5) is 0 Å². The largest absolute Gasteiger partial charge is 0.507 e. The van der Waals surface area contributed by atoms with Crippen molar-refractivity contribution in [3.8, 4) is 34.8 Å². The van der Waals surface area contributed by atoms with Crippen molar-refractivity contribution in [1.82, 2.24) is 15.1 Å². The lowest BCUT2D eigenvalue weighted by molar-refractivity contribution is -0.122. The zero-order valence-electron chi connectivity index (χ0n) is 28.0. The van der Waals surface area contributed by atoms with Gasteiger partial charge in [0.1, 0.15) is 11.8 Å². The van der Waals surface area contributed by atoms with Crippen molar-refractivity contribution in [2.24, 2.45) is 0 Å². The second kappa shape index (κ2) is 12.8. The summed E-state index contributed by atoms with van der Waals surface area (Å²) < 4.78 is 29.4. The summed E-state index contributed by atoms with van der Waals surface area (Å²) in [6.45, 7) is 4.14. The van der Waals surface area contributed by atoms with Gasteiger partial charge >= 0.3 is 0 Å². The number of hydrogen-bond acceptors (Lipinski definition) is 10. The third-order valence-electron chi connectivity index (χ3n) is 10.6. The molecule has 1 saturated heterocycles. The van der Waals surface area contributed by atoms with Crippen LogP contribution in [-0.2, 0) is 28.8 Å². The first kappa shape index (κ1) is 32.1. The van der Waals surface area contributed by atoms with Crippen molar-refractivity contribution in [3.63, 3.8) is 0 Å². The van der Waals surface area contributed by atoms with E-state index >= 15 is 0 Å². The number of rotatable bonds is 9. The molecule has 5 atom stereocenters. The first-order valence-corrected chi connectivity index (χ1v) is 16.4. The van der Waals surface area contributed by atoms with Crippen LogP contribution in [0.25, 0.3) is 0 Å². The number of aromatic hydroxyl groups is 1. The van der Waals surface area contributed by atoms with E-state index in [0.29, 0.717) is 54.2 Å². The van der Waals surface area contributed by atoms with E-state index in [1.54, 1.807) is 14.2 Å². The van der Waals surface area contributed by atoms with Gasteiger partial charge in [-0.25, -0.2) is 0 Å². The topological polar surface area (TPSA) is 126 Å². The molecule has 0 radical (unpaired) electrons. The number of likely N-dealkylation sites (N-methyl/N-ethyl adjacent to an activating group) is 1. The predicted octanol–water partition coefficient (Wildman–Crippen LogP) is 4.25. The molecule has 1 unspecified atom stereocenters. The molecule has 7 rings (SSSR count). The Kier molecular flexibility index (Phi) is 8.58. The summed E-state index contributed by atoms with van der Waals surface area (Å²) >= 11 is 0. The van der Waals surface area contributed by atoms with Gasteiger partial charge in [-0.15, -0.1) is 0 Å². The minimum atomic E-state index is -0.518. The smallest absolute Gasteiger partial charge is 0.231 e. The lowest BCUT2D eigenvalue weighted by Crippen LogP contribution is -2.68. The fourth-order valence-corrected chi connectivity index (χ4v) is 8.48. The van der Waals surface area contributed by atoms with Crippen molar-refractivity contribution in [3.05, 3.63) is 75.3 Å². The van der Waals surface area contributed by atoms with Crippen LogP contribution in [0.2, 0.25) is 0 Å². The van der Waals surface area contributed by atoms with E-state index in [0.717, 1.165) is 33.4 Å². The minimum absolute atomic E-state index is 0.0357. The van der Waals surface area contributed by atoms with Gasteiger partial charge in [-0.05, 0) is 56.8 Å². The molecule has 11 nitrogen and oxygen atoms in total. The maximum Gasteiger partial charge on any atom is 0.231 e. The van der Waals surface area contributed by atoms with Gasteiger partial charge in [0.2, 0.25) is 12.7 Å². The van der Waals surface area contributed by atoms with Gasteiger partial charge in [0.15, 0.2) is 29.8 Å². The molecular weight excluding hydrogens is 612 g/mol. The molecule has 11 heteroatoms. The first-order valence-electron chi connectivity index (χ1n) is 16.4. The summed E-state index contributed by atoms with van der Waals surface area (Å²) in [6, 6.07) is 13.1. The number of nitriles is 1. The van der Waals surface area contributed by atoms with Crippen LogP contribution >= 0.6 is 0 Å². The Bertz CT molecular complexity index is 1770. The molecule has 0 saturated carbocycles. The molecule has 4 heterocycles. The van der Waals surface area contributed by atoms with Gasteiger partial charge in [0.25, 0.3) is 0 Å². The zero-order valence-corrected chi connectivity index (χ0v) is 28.0. The third kappa shape index (κ3) is 5.10. The van der Waals surface area contributed by atoms with E-state index in [4.69, 9.17) is 23.7 Å². The van der Waals surface area contributed by atoms with Crippen LogP contribution in [0.15, 0.2) is 36.4 Å². The highest BCUT2D eigenvalue weighted by Crippen LogP contribution is 2.58. The van der Waals surface area contributed by atoms with Gasteiger partial charge in [0, 0.05) is 54.4 Å². The lowest BCUT2D eigenvalue weighted by Gasteiger charge is -2.60. The van der Waals surface area contributed by atoms with Crippen LogP contribution in [0, 0.1) is 25.2 Å². The number of aryl methyl sites for hydroxylation is 2. The molecule has 0 aliphatic carbocycles. The van der Waals surface area contributed by atoms with Gasteiger partial charge in [-0.2, -0.15) is 5.26 Å². The van der Waals surface area contributed by atoms with E-state index in [2.05, 4.69) is 34.3 Å². The number of amides is 1. The number of phenolic OH excluding ortho intramolecular Hbond substituents is 1. The van der Waals surface area contributed by atoms with Crippen molar-refractivity contribution < 1.29 is 33.6 Å². The number of benzene rings is 3. The normalized spacial score (nSPS) is 23.8. The number of phenols is 1. The molecule has 0 aromatic heterocycles. The maximum atomic E-state index is 13.3. The van der Waals surface area contributed by atoms with Crippen molar-refractivity contribution in [1.29, 1.82) is 5.26 Å². The number of nitrogens with zero attached hydrogens (tertiary/aromatic N) is 3. The molecule has 48 heavy (non-hydrogen) atoms. The Balaban J connectivity index is 1.34. The van der Waals surface area contributed by atoms with E-state index in [-0.39, 0.29) is 49.9 Å². The highest BCUT2D eigenvalue weighted by Gasteiger charge is 2.56. The molecule has 2 N–H and O–H groups in total. The second-order valence-electron chi connectivity index (χ2n) is 13.1. The Labute approximate surface area is 280 Å². The molecule has 1 fully saturated rings. The monoisotopic (exact) mass is 654 g/mol. The predicted molar refractivity (Wildman–Crippen MR) is 176 cm³/mol. The molecule has 252 valence electrons. The van der Waals surface area contributed by atoms with E-state index in [9.17, 15) is 15.2 Å². The number of carbonyl (C=O) groups is 1. The van der Waals surface area contributed by atoms with E-state index in [1.807, 2.05) is 44.2 Å². The highest BCUT2D eigenvalue weighted by atomic mass is 16.7. The summed E-state index contributed by atoms with van der Waals surface area (Å²) in [7, 11) is 5.29. The fourth-order valence-electron chi connectivity index (χ4n) is 8.48. The fraction of sp³-hybridized carbons (Fsp3) is 0.459. The second-order valence-corrected chi connectivity index (χ2v) is 13.1. The molecule has 4 aliphatic rings. The molecular formula is C37H42N4O7. The highest BCUT2D eigenvalue weighted by molar-refractivity contribution is 5.76. The number of hydrogen-bond donors (Lipinski definition) is 2. The molecule has 1 amide bonds. The average Bonchev–Trinajstić information content (AvgIpc) is 3.58. The Hall–Kier alpha value is -4.50. The summed E-state index contributed by atoms with van der Waals surface area (Å²) in [6.07, 6.45) is 2.01. The lowest BCUT2D eigenvalue weighted by atomic mass is 9.71. The zero-order chi connectivity index (χ0) is 33.7. The van der Waals surface area contributed by atoms with Gasteiger partial charge < -0.3 is 34.1 Å². The Morgan fingerprint density at radius 3 is 2.58 bits per heavy atom. The molecule has 3 aromatic carbocycles. The van der Waals surface area contributed by atoms with Crippen LogP contribution < -0.4 is 24.3 Å². The first-order chi connectivity index (χ1) is 23.3. The van der Waals surface area contributed by atoms with Gasteiger partial charge in [-0.1, -0.05) is 36.4 Å². The van der Waals surface area contributed by atoms with Crippen molar-refractivity contribution in [2.75, 3.05) is 41.4 Å². The van der Waals surface area contributed by atoms with Gasteiger partial charge in [-0.3, -0.25) is 14.6 Å². The summed E-state index contributed by atoms with van der Waals surface area (Å²) in [5.41, 5.74) is 6.26. The van der Waals surface area contributed by atoms with Crippen LogP contribution in [0.1, 0.15) is 57.4 Å². The summed E-state index contributed by atoms with van der Waals surface area (Å²) in [5.74, 6) is 2.42. The number of piperazine rings is 1. The van der Waals surface area contributed by atoms with Crippen molar-refractivity contribution >= 4 is 5.91 Å². The quantitative estimate of drug-likeness (QED) is 0.324. The maximum absolute atomic E-state index is 13.3. The summed E-state index contributed by atoms with van der Waals surface area (Å²) in [4.78, 5) is 17.9. The number of ether oxygens (including phenoxy) is 5. The van der Waals surface area contributed by atoms with Crippen LogP contribution in [0.5, 0.6) is 28.7 Å². The molecule has 3 aromatic rings. The standard InChI is InChI=1S/C37H42N4O7/c1-20-13-23-14-25-27(16-38)41-26(32(40(25)3)30(23)36(34(20)45-5)46-18-44-4)15-24-31(37-35(47-19-48-37)21(2)33(24)43)28(41)17-39-29(42)12-11-22-9-7-6-8-10-22/h6-10,13,25-28,32,43H,11-12,14-15,17-19H2,1-5H3,(H,39,42)/t25-,26?,27+,28+,32+/m1/s1. The van der Waals surface area contributed by atoms with E-state index in [1.165, 1.54) is 0 Å². The number of carbonyl (C=O) groups excluding carboxylic acids is 1. The third-order valence-corrected chi connectivity index (χ3v) is 10.6. The minimum Gasteiger partial charge on any atom is -0.507 e. The average molecular weight is 655 g/mol. The van der Waals surface area contributed by atoms with Crippen molar-refractivity contribution in [2.45, 2.75) is 69.7 Å². The molecule has 2 bridgehead atoms. The van der Waals surface area contributed by atoms with Gasteiger partial charge in [0.05, 0.1) is 25.3 Å². The number of fused-ring (bicyclic) bond motifs is 9. The Morgan fingerprint density at radius 1 is 1.08 bits per heavy atom. The Morgan fingerprint density at radius 2 is 1.85 bits per heavy atom. The summed E-state index contributed by atoms with van der Waals surface area (Å²) in [5, 5.41) is 25.8. The number of nitrogens with one attached hydrogen (secondary N) is 1. The van der Waals surface area contributed by atoms with Crippen LogP contribution in [0.3, 0.4) is 0 Å². The van der Waals surface area contributed by atoms with Crippen LogP contribution in [-0.4, -0.2) is 80.3 Å². The SMILES string of the molecule is COCOc1c(OC)c(C)cc2c1[C@@H]1C3Cc4c(O)c(C)c5c(c4[C@H](CNC(=O)CCc4ccccc4)N3[C@@H](C#N)[C@@H](C2)N1C)OCO5.